The third kappa shape index (κ3) is 2.09. The molecule has 0 aromatic heterocycles. The molecule has 0 saturated heterocycles. The predicted molar refractivity (Wildman–Crippen MR) is 79.0 cm³/mol. The number of rotatable bonds is 2. The zero-order valence-electron chi connectivity index (χ0n) is 10.5. The molecule has 0 unspecified atom stereocenters. The molecule has 19 heavy (non-hydrogen) atoms. The lowest BCUT2D eigenvalue weighted by molar-refractivity contribution is 1.42. The highest BCUT2D eigenvalue weighted by Gasteiger charge is 2.20. The minimum atomic E-state index is 0.789. The highest BCUT2D eigenvalue weighted by molar-refractivity contribution is 5.95. The first kappa shape index (κ1) is 11.5. The number of nitrogens with zero attached hydrogens (tertiary/aromatic N) is 1. The first-order valence-electron chi connectivity index (χ1n) is 6.32. The fraction of sp³-hybridized carbons (Fsp3) is 0.0556. The summed E-state index contributed by atoms with van der Waals surface area (Å²) in [4.78, 5) is 3.76. The van der Waals surface area contributed by atoms with E-state index in [0.29, 0.717) is 0 Å². The molecule has 2 aromatic rings. The molecule has 0 radical (unpaired) electrons. The van der Waals surface area contributed by atoms with Gasteiger partial charge < -0.3 is 0 Å². The van der Waals surface area contributed by atoms with Gasteiger partial charge in [-0.1, -0.05) is 66.7 Å². The van der Waals surface area contributed by atoms with E-state index < -0.39 is 0 Å². The average Bonchev–Trinajstić information content (AvgIpc) is 2.93. The normalized spacial score (nSPS) is 14.2. The molecule has 0 saturated carbocycles. The summed E-state index contributed by atoms with van der Waals surface area (Å²) in [6.07, 6.45) is 3.00. The van der Waals surface area contributed by atoms with Gasteiger partial charge >= 0.3 is 0 Å². The van der Waals surface area contributed by atoms with Crippen LogP contribution in [-0.4, -0.2) is 0 Å². The number of hydrogen-bond donors (Lipinski definition) is 0. The molecule has 90 valence electrons. The van der Waals surface area contributed by atoms with Crippen molar-refractivity contribution in [3.05, 3.63) is 95.0 Å². The Kier molecular flexibility index (Phi) is 3.00. The van der Waals surface area contributed by atoms with Crippen molar-refractivity contribution in [3.8, 4) is 0 Å². The molecule has 0 atom stereocenters. The van der Waals surface area contributed by atoms with Crippen molar-refractivity contribution in [2.45, 2.75) is 6.42 Å². The van der Waals surface area contributed by atoms with E-state index in [9.17, 15) is 0 Å². The summed E-state index contributed by atoms with van der Waals surface area (Å²) in [5, 5.41) is 0. The van der Waals surface area contributed by atoms with E-state index in [1.807, 2.05) is 36.4 Å². The highest BCUT2D eigenvalue weighted by Crippen LogP contribution is 2.39. The molecule has 3 rings (SSSR count). The molecular formula is C18H13N. The van der Waals surface area contributed by atoms with Gasteiger partial charge in [-0.2, -0.15) is 0 Å². The maximum atomic E-state index is 7.49. The van der Waals surface area contributed by atoms with Gasteiger partial charge in [0.05, 0.1) is 6.57 Å². The molecular weight excluding hydrogens is 230 g/mol. The number of allylic oxidation sites excluding steroid dienone is 3. The quantitative estimate of drug-likeness (QED) is 0.667. The van der Waals surface area contributed by atoms with Crippen molar-refractivity contribution < 1.29 is 0 Å². The van der Waals surface area contributed by atoms with E-state index in [1.54, 1.807) is 0 Å². The Bertz CT molecular complexity index is 685. The monoisotopic (exact) mass is 243 g/mol. The minimum Gasteiger partial charge on any atom is -0.237 e. The molecule has 0 heterocycles. The van der Waals surface area contributed by atoms with Crippen LogP contribution in [0.2, 0.25) is 0 Å². The smallest absolute Gasteiger partial charge is 0.198 e. The topological polar surface area (TPSA) is 4.36 Å². The largest absolute Gasteiger partial charge is 0.237 e. The fourth-order valence-corrected chi connectivity index (χ4v) is 2.45. The Hall–Kier alpha value is -2.59. The summed E-state index contributed by atoms with van der Waals surface area (Å²) in [5.41, 5.74) is 5.26. The zero-order valence-corrected chi connectivity index (χ0v) is 10.5. The van der Waals surface area contributed by atoms with Crippen LogP contribution < -0.4 is 0 Å². The van der Waals surface area contributed by atoms with Crippen molar-refractivity contribution in [3.63, 3.8) is 0 Å². The van der Waals surface area contributed by atoms with Crippen molar-refractivity contribution in [1.82, 2.24) is 0 Å². The third-order valence-corrected chi connectivity index (χ3v) is 3.37. The Morgan fingerprint density at radius 2 is 1.37 bits per heavy atom. The summed E-state index contributed by atoms with van der Waals surface area (Å²) in [6.45, 7) is 7.49. The summed E-state index contributed by atoms with van der Waals surface area (Å²) >= 11 is 0. The third-order valence-electron chi connectivity index (χ3n) is 3.37. The Morgan fingerprint density at radius 1 is 0.789 bits per heavy atom. The fourth-order valence-electron chi connectivity index (χ4n) is 2.45. The Labute approximate surface area is 113 Å². The van der Waals surface area contributed by atoms with Crippen LogP contribution in [0.3, 0.4) is 0 Å². The number of benzene rings is 2. The van der Waals surface area contributed by atoms with E-state index in [-0.39, 0.29) is 0 Å². The van der Waals surface area contributed by atoms with Gasteiger partial charge in [0.1, 0.15) is 0 Å². The lowest BCUT2D eigenvalue weighted by Gasteiger charge is -2.05. The summed E-state index contributed by atoms with van der Waals surface area (Å²) < 4.78 is 0. The van der Waals surface area contributed by atoms with E-state index in [0.717, 1.165) is 34.4 Å². The second-order valence-electron chi connectivity index (χ2n) is 4.49. The van der Waals surface area contributed by atoms with Crippen molar-refractivity contribution >= 4 is 11.1 Å². The van der Waals surface area contributed by atoms with Crippen LogP contribution >= 0.6 is 0 Å². The maximum absolute atomic E-state index is 7.49. The summed E-state index contributed by atoms with van der Waals surface area (Å²) in [6, 6.07) is 20.3. The van der Waals surface area contributed by atoms with Gasteiger partial charge in [-0.25, -0.2) is 4.85 Å². The van der Waals surface area contributed by atoms with Crippen molar-refractivity contribution in [1.29, 1.82) is 0 Å². The Morgan fingerprint density at radius 3 is 1.95 bits per heavy atom. The molecule has 1 heteroatoms. The van der Waals surface area contributed by atoms with Crippen molar-refractivity contribution in [2.24, 2.45) is 0 Å². The van der Waals surface area contributed by atoms with Gasteiger partial charge in [0.2, 0.25) is 0 Å². The van der Waals surface area contributed by atoms with Crippen LogP contribution in [0.5, 0.6) is 0 Å². The summed E-state index contributed by atoms with van der Waals surface area (Å²) in [5.74, 6) is 0. The van der Waals surface area contributed by atoms with Crippen molar-refractivity contribution in [2.75, 3.05) is 0 Å². The summed E-state index contributed by atoms with van der Waals surface area (Å²) in [7, 11) is 0. The molecule has 0 N–H and O–H groups in total. The van der Waals surface area contributed by atoms with Gasteiger partial charge in [-0.15, -0.1) is 0 Å². The van der Waals surface area contributed by atoms with Gasteiger partial charge in [-0.05, 0) is 28.7 Å². The molecule has 0 bridgehead atoms. The van der Waals surface area contributed by atoms with E-state index in [1.165, 1.54) is 0 Å². The number of hydrogen-bond acceptors (Lipinski definition) is 0. The molecule has 1 nitrogen and oxygen atoms in total. The van der Waals surface area contributed by atoms with E-state index in [2.05, 4.69) is 35.2 Å². The van der Waals surface area contributed by atoms with Crippen LogP contribution in [0.25, 0.3) is 16.0 Å². The van der Waals surface area contributed by atoms with Crippen LogP contribution in [0, 0.1) is 6.57 Å². The minimum absolute atomic E-state index is 0.789. The lowest BCUT2D eigenvalue weighted by Crippen LogP contribution is -1.86. The highest BCUT2D eigenvalue weighted by atomic mass is 14.7. The van der Waals surface area contributed by atoms with Crippen LogP contribution in [-0.2, 0) is 0 Å². The Balaban J connectivity index is 2.07. The predicted octanol–water partition coefficient (Wildman–Crippen LogP) is 4.80. The van der Waals surface area contributed by atoms with E-state index >= 15 is 0 Å². The molecule has 0 spiro atoms. The standard InChI is InChI=1S/C18H13N/c1-19-18-16(14-8-4-2-5-9-14)12-13-17(18)15-10-6-3-7-11-15/h2-12H,13H2. The van der Waals surface area contributed by atoms with Gasteiger partial charge in [0, 0.05) is 0 Å². The molecule has 2 aromatic carbocycles. The maximum Gasteiger partial charge on any atom is 0.198 e. The zero-order chi connectivity index (χ0) is 13.1. The molecule has 1 aliphatic rings. The van der Waals surface area contributed by atoms with Gasteiger partial charge in [0.25, 0.3) is 0 Å². The second kappa shape index (κ2) is 4.96. The van der Waals surface area contributed by atoms with Gasteiger partial charge in [0.15, 0.2) is 5.70 Å². The average molecular weight is 243 g/mol. The second-order valence-corrected chi connectivity index (χ2v) is 4.49. The van der Waals surface area contributed by atoms with Crippen LogP contribution in [0.15, 0.2) is 72.4 Å². The first-order chi connectivity index (χ1) is 9.40. The SMILES string of the molecule is [C-]#[N+]C1=C(c2ccccc2)CC=C1c1ccccc1. The van der Waals surface area contributed by atoms with Crippen LogP contribution in [0.1, 0.15) is 17.5 Å². The lowest BCUT2D eigenvalue weighted by atomic mass is 10.0. The molecule has 0 aliphatic heterocycles. The van der Waals surface area contributed by atoms with E-state index in [4.69, 9.17) is 6.57 Å². The molecule has 0 amide bonds. The van der Waals surface area contributed by atoms with Gasteiger partial charge in [-0.3, -0.25) is 0 Å². The molecule has 0 fully saturated rings. The molecule has 1 aliphatic carbocycles. The van der Waals surface area contributed by atoms with Crippen LogP contribution in [0.4, 0.5) is 0 Å². The first-order valence-corrected chi connectivity index (χ1v) is 6.32.